The summed E-state index contributed by atoms with van der Waals surface area (Å²) in [7, 11) is 5.48. The van der Waals surface area contributed by atoms with E-state index < -0.39 is 0 Å². The average molecular weight is 280 g/mol. The third-order valence-electron chi connectivity index (χ3n) is 3.63. The molecule has 0 bridgehead atoms. The first-order valence-corrected chi connectivity index (χ1v) is 7.13. The Bertz CT molecular complexity index is 407. The summed E-state index contributed by atoms with van der Waals surface area (Å²) in [5, 5.41) is 0. The van der Waals surface area contributed by atoms with Crippen molar-refractivity contribution in [3.8, 4) is 11.5 Å². The molecule has 1 unspecified atom stereocenters. The molecule has 1 atom stereocenters. The molecule has 0 spiro atoms. The van der Waals surface area contributed by atoms with Crippen LogP contribution in [0.1, 0.15) is 25.8 Å². The number of benzene rings is 1. The Morgan fingerprint density at radius 3 is 2.45 bits per heavy atom. The van der Waals surface area contributed by atoms with Crippen LogP contribution in [0.4, 0.5) is 0 Å². The largest absolute Gasteiger partial charge is 0.497 e. The maximum Gasteiger partial charge on any atom is 0.123 e. The van der Waals surface area contributed by atoms with E-state index in [1.54, 1.807) is 14.2 Å². The van der Waals surface area contributed by atoms with E-state index in [0.29, 0.717) is 5.92 Å². The van der Waals surface area contributed by atoms with Crippen molar-refractivity contribution in [1.82, 2.24) is 4.90 Å². The minimum Gasteiger partial charge on any atom is -0.497 e. The molecular formula is C16H28N2O2. The summed E-state index contributed by atoms with van der Waals surface area (Å²) in [5.74, 6) is 2.27. The van der Waals surface area contributed by atoms with Crippen LogP contribution in [0.15, 0.2) is 18.2 Å². The van der Waals surface area contributed by atoms with Gasteiger partial charge in [-0.25, -0.2) is 0 Å². The highest BCUT2D eigenvalue weighted by atomic mass is 16.5. The summed E-state index contributed by atoms with van der Waals surface area (Å²) in [4.78, 5) is 2.26. The zero-order valence-corrected chi connectivity index (χ0v) is 13.3. The minimum atomic E-state index is 0.254. The van der Waals surface area contributed by atoms with Gasteiger partial charge in [0, 0.05) is 18.2 Å². The van der Waals surface area contributed by atoms with Gasteiger partial charge >= 0.3 is 0 Å². The van der Waals surface area contributed by atoms with Crippen LogP contribution in [0.3, 0.4) is 0 Å². The Balaban J connectivity index is 2.62. The van der Waals surface area contributed by atoms with Crippen LogP contribution in [0.5, 0.6) is 11.5 Å². The van der Waals surface area contributed by atoms with Gasteiger partial charge < -0.3 is 20.1 Å². The van der Waals surface area contributed by atoms with Gasteiger partial charge in [-0.3, -0.25) is 0 Å². The standard InChI is InChI=1S/C16H28N2O2/c1-12(2)15(17)8-9-18(3)11-13-10-14(19-4)6-7-16(13)20-5/h6-7,10,12,15H,8-9,11,17H2,1-5H3. The predicted molar refractivity (Wildman–Crippen MR) is 83.3 cm³/mol. The third-order valence-corrected chi connectivity index (χ3v) is 3.63. The summed E-state index contributed by atoms with van der Waals surface area (Å²) in [6.45, 7) is 6.12. The topological polar surface area (TPSA) is 47.7 Å². The van der Waals surface area contributed by atoms with E-state index in [-0.39, 0.29) is 6.04 Å². The second-order valence-corrected chi connectivity index (χ2v) is 5.61. The van der Waals surface area contributed by atoms with Crippen LogP contribution in [-0.2, 0) is 6.54 Å². The van der Waals surface area contributed by atoms with Gasteiger partial charge in [0.25, 0.3) is 0 Å². The van der Waals surface area contributed by atoms with Crippen molar-refractivity contribution in [3.05, 3.63) is 23.8 Å². The minimum absolute atomic E-state index is 0.254. The molecule has 0 saturated carbocycles. The monoisotopic (exact) mass is 280 g/mol. The molecule has 0 aliphatic heterocycles. The molecule has 0 heterocycles. The number of rotatable bonds is 8. The normalized spacial score (nSPS) is 12.8. The molecule has 0 fully saturated rings. The van der Waals surface area contributed by atoms with E-state index in [0.717, 1.165) is 36.6 Å². The molecule has 0 aromatic heterocycles. The lowest BCUT2D eigenvalue weighted by atomic mass is 10.0. The second kappa shape index (κ2) is 8.12. The number of hydrogen-bond acceptors (Lipinski definition) is 4. The molecule has 0 aliphatic rings. The predicted octanol–water partition coefficient (Wildman–Crippen LogP) is 2.51. The Morgan fingerprint density at radius 1 is 1.20 bits per heavy atom. The molecule has 4 nitrogen and oxygen atoms in total. The lowest BCUT2D eigenvalue weighted by Gasteiger charge is -2.22. The number of methoxy groups -OCH3 is 2. The van der Waals surface area contributed by atoms with Crippen LogP contribution in [0.2, 0.25) is 0 Å². The van der Waals surface area contributed by atoms with Gasteiger partial charge in [0.15, 0.2) is 0 Å². The maximum atomic E-state index is 6.09. The molecule has 0 aliphatic carbocycles. The Kier molecular flexibility index (Phi) is 6.82. The fourth-order valence-corrected chi connectivity index (χ4v) is 2.08. The number of nitrogens with two attached hydrogens (primary N) is 1. The number of nitrogens with zero attached hydrogens (tertiary/aromatic N) is 1. The highest BCUT2D eigenvalue weighted by Gasteiger charge is 2.11. The highest BCUT2D eigenvalue weighted by Crippen LogP contribution is 2.25. The Labute approximate surface area is 122 Å². The molecule has 2 N–H and O–H groups in total. The van der Waals surface area contributed by atoms with E-state index in [1.807, 2.05) is 18.2 Å². The molecule has 0 radical (unpaired) electrons. The van der Waals surface area contributed by atoms with Crippen molar-refractivity contribution in [2.45, 2.75) is 32.9 Å². The first-order chi connectivity index (χ1) is 9.47. The van der Waals surface area contributed by atoms with E-state index >= 15 is 0 Å². The van der Waals surface area contributed by atoms with Crippen molar-refractivity contribution in [2.75, 3.05) is 27.8 Å². The van der Waals surface area contributed by atoms with E-state index in [4.69, 9.17) is 15.2 Å². The summed E-state index contributed by atoms with van der Waals surface area (Å²) in [6.07, 6.45) is 1.00. The SMILES string of the molecule is COc1ccc(OC)c(CN(C)CCC(N)C(C)C)c1. The lowest BCUT2D eigenvalue weighted by molar-refractivity contribution is 0.290. The lowest BCUT2D eigenvalue weighted by Crippen LogP contribution is -2.31. The van der Waals surface area contributed by atoms with Crippen molar-refractivity contribution >= 4 is 0 Å². The quantitative estimate of drug-likeness (QED) is 0.795. The highest BCUT2D eigenvalue weighted by molar-refractivity contribution is 5.40. The van der Waals surface area contributed by atoms with Gasteiger partial charge in [0.05, 0.1) is 14.2 Å². The van der Waals surface area contributed by atoms with Gasteiger partial charge in [-0.15, -0.1) is 0 Å². The van der Waals surface area contributed by atoms with Crippen molar-refractivity contribution < 1.29 is 9.47 Å². The maximum absolute atomic E-state index is 6.09. The van der Waals surface area contributed by atoms with Gasteiger partial charge in [-0.1, -0.05) is 13.8 Å². The van der Waals surface area contributed by atoms with E-state index in [9.17, 15) is 0 Å². The Hall–Kier alpha value is -1.26. The fraction of sp³-hybridized carbons (Fsp3) is 0.625. The van der Waals surface area contributed by atoms with Crippen molar-refractivity contribution in [2.24, 2.45) is 11.7 Å². The molecule has 0 saturated heterocycles. The first-order valence-electron chi connectivity index (χ1n) is 7.13. The summed E-state index contributed by atoms with van der Waals surface area (Å²) in [5.41, 5.74) is 7.22. The molecule has 0 amide bonds. The third kappa shape index (κ3) is 5.02. The van der Waals surface area contributed by atoms with Gasteiger partial charge in [0.1, 0.15) is 11.5 Å². The molecule has 20 heavy (non-hydrogen) atoms. The van der Waals surface area contributed by atoms with Gasteiger partial charge in [0.2, 0.25) is 0 Å². The van der Waals surface area contributed by atoms with Crippen molar-refractivity contribution in [3.63, 3.8) is 0 Å². The first kappa shape index (κ1) is 16.8. The molecular weight excluding hydrogens is 252 g/mol. The molecule has 1 rings (SSSR count). The average Bonchev–Trinajstić information content (AvgIpc) is 2.44. The fourth-order valence-electron chi connectivity index (χ4n) is 2.08. The molecule has 114 valence electrons. The zero-order valence-electron chi connectivity index (χ0n) is 13.3. The van der Waals surface area contributed by atoms with Gasteiger partial charge in [-0.2, -0.15) is 0 Å². The van der Waals surface area contributed by atoms with Crippen LogP contribution in [0.25, 0.3) is 0 Å². The Morgan fingerprint density at radius 2 is 1.90 bits per heavy atom. The second-order valence-electron chi connectivity index (χ2n) is 5.61. The van der Waals surface area contributed by atoms with Crippen molar-refractivity contribution in [1.29, 1.82) is 0 Å². The number of hydrogen-bond donors (Lipinski definition) is 1. The zero-order chi connectivity index (χ0) is 15.1. The molecule has 4 heteroatoms. The summed E-state index contributed by atoms with van der Waals surface area (Å²) < 4.78 is 10.7. The van der Waals surface area contributed by atoms with Crippen LogP contribution >= 0.6 is 0 Å². The number of ether oxygens (including phenoxy) is 2. The van der Waals surface area contributed by atoms with Gasteiger partial charge in [-0.05, 0) is 44.1 Å². The molecule has 1 aromatic rings. The smallest absolute Gasteiger partial charge is 0.123 e. The molecule has 1 aromatic carbocycles. The summed E-state index contributed by atoms with van der Waals surface area (Å²) in [6, 6.07) is 6.14. The van der Waals surface area contributed by atoms with Crippen LogP contribution < -0.4 is 15.2 Å². The van der Waals surface area contributed by atoms with Crippen LogP contribution in [0, 0.1) is 5.92 Å². The van der Waals surface area contributed by atoms with E-state index in [1.165, 1.54) is 0 Å². The van der Waals surface area contributed by atoms with E-state index in [2.05, 4.69) is 25.8 Å². The van der Waals surface area contributed by atoms with Crippen LogP contribution in [-0.4, -0.2) is 38.8 Å². The summed E-state index contributed by atoms with van der Waals surface area (Å²) >= 11 is 0.